The Hall–Kier alpha value is -1.59. The quantitative estimate of drug-likeness (QED) is 0.692. The predicted octanol–water partition coefficient (Wildman–Crippen LogP) is 1.69. The first-order valence-electron chi connectivity index (χ1n) is 6.86. The molecule has 0 aliphatic carbocycles. The summed E-state index contributed by atoms with van der Waals surface area (Å²) in [5.74, 6) is -0.0964. The number of carbonyl (C=O) groups excluding carboxylic acids is 1. The monoisotopic (exact) mass is 279 g/mol. The fraction of sp³-hybridized carbons (Fsp3) is 0.533. The molecule has 1 unspecified atom stereocenters. The Balaban J connectivity index is 2.67. The molecule has 0 heterocycles. The van der Waals surface area contributed by atoms with Crippen LogP contribution in [0.3, 0.4) is 0 Å². The van der Waals surface area contributed by atoms with E-state index in [9.17, 15) is 9.90 Å². The minimum atomic E-state index is -0.828. The minimum Gasteiger partial charge on any atom is -0.399 e. The van der Waals surface area contributed by atoms with E-state index in [4.69, 9.17) is 5.73 Å². The van der Waals surface area contributed by atoms with E-state index in [1.807, 2.05) is 18.7 Å². The molecule has 1 atom stereocenters. The molecule has 1 amide bonds. The number of rotatable bonds is 6. The molecule has 0 saturated heterocycles. The van der Waals surface area contributed by atoms with Crippen LogP contribution in [0.4, 0.5) is 11.4 Å². The summed E-state index contributed by atoms with van der Waals surface area (Å²) >= 11 is 0. The molecule has 112 valence electrons. The van der Waals surface area contributed by atoms with Crippen LogP contribution in [0.2, 0.25) is 0 Å². The number of hydrogen-bond acceptors (Lipinski definition) is 4. The lowest BCUT2D eigenvalue weighted by atomic mass is 10.1. The smallest absolute Gasteiger partial charge is 0.241 e. The number of nitrogens with one attached hydrogen (secondary N) is 1. The third-order valence-electron chi connectivity index (χ3n) is 3.10. The molecule has 0 fully saturated rings. The van der Waals surface area contributed by atoms with E-state index >= 15 is 0 Å². The van der Waals surface area contributed by atoms with Gasteiger partial charge in [0, 0.05) is 17.9 Å². The highest BCUT2D eigenvalue weighted by Gasteiger charge is 2.25. The van der Waals surface area contributed by atoms with Gasteiger partial charge >= 0.3 is 0 Å². The first-order valence-corrected chi connectivity index (χ1v) is 6.86. The highest BCUT2D eigenvalue weighted by molar-refractivity contribution is 5.94. The highest BCUT2D eigenvalue weighted by atomic mass is 16.3. The molecule has 1 rings (SSSR count). The van der Waals surface area contributed by atoms with Crippen molar-refractivity contribution in [1.29, 1.82) is 0 Å². The van der Waals surface area contributed by atoms with Crippen LogP contribution < -0.4 is 11.1 Å². The number of nitrogens with two attached hydrogens (primary N) is 1. The fourth-order valence-corrected chi connectivity index (χ4v) is 2.00. The van der Waals surface area contributed by atoms with Gasteiger partial charge in [0.05, 0.1) is 11.6 Å². The van der Waals surface area contributed by atoms with Crippen molar-refractivity contribution in [2.75, 3.05) is 24.1 Å². The predicted molar refractivity (Wildman–Crippen MR) is 82.5 cm³/mol. The molecule has 0 radical (unpaired) electrons. The first kappa shape index (κ1) is 16.5. The topological polar surface area (TPSA) is 78.6 Å². The zero-order chi connectivity index (χ0) is 15.3. The zero-order valence-electron chi connectivity index (χ0n) is 12.7. The van der Waals surface area contributed by atoms with Gasteiger partial charge in [-0.25, -0.2) is 0 Å². The summed E-state index contributed by atoms with van der Waals surface area (Å²) in [5.41, 5.74) is 6.16. The van der Waals surface area contributed by atoms with Crippen molar-refractivity contribution in [1.82, 2.24) is 4.90 Å². The standard InChI is InChI=1S/C15H25N3O2/c1-5-18(10-15(3,4)20)11(2)14(19)17-13-8-6-12(16)7-9-13/h6-9,11,20H,5,10,16H2,1-4H3,(H,17,19). The Kier molecular flexibility index (Phi) is 5.53. The maximum Gasteiger partial charge on any atom is 0.241 e. The van der Waals surface area contributed by atoms with Gasteiger partial charge in [0.15, 0.2) is 0 Å². The molecule has 0 aliphatic heterocycles. The number of nitrogen functional groups attached to an aromatic ring is 1. The van der Waals surface area contributed by atoms with Gasteiger partial charge in [-0.05, 0) is 51.6 Å². The molecule has 0 saturated carbocycles. The van der Waals surface area contributed by atoms with Crippen molar-refractivity contribution in [2.24, 2.45) is 0 Å². The molecule has 5 nitrogen and oxygen atoms in total. The Bertz CT molecular complexity index is 437. The number of likely N-dealkylation sites (N-methyl/N-ethyl adjacent to an activating group) is 1. The van der Waals surface area contributed by atoms with Gasteiger partial charge in [0.1, 0.15) is 0 Å². The number of anilines is 2. The molecule has 0 bridgehead atoms. The SMILES string of the molecule is CCN(CC(C)(C)O)C(C)C(=O)Nc1ccc(N)cc1. The van der Waals surface area contributed by atoms with Gasteiger partial charge < -0.3 is 16.2 Å². The van der Waals surface area contributed by atoms with E-state index < -0.39 is 5.60 Å². The van der Waals surface area contributed by atoms with Crippen LogP contribution in [0.1, 0.15) is 27.7 Å². The second kappa shape index (κ2) is 6.72. The largest absolute Gasteiger partial charge is 0.399 e. The Morgan fingerprint density at radius 2 is 1.95 bits per heavy atom. The second-order valence-corrected chi connectivity index (χ2v) is 5.66. The zero-order valence-corrected chi connectivity index (χ0v) is 12.7. The van der Waals surface area contributed by atoms with E-state index in [1.54, 1.807) is 38.1 Å². The average molecular weight is 279 g/mol. The number of aliphatic hydroxyl groups is 1. The summed E-state index contributed by atoms with van der Waals surface area (Å²) in [6.45, 7) is 8.42. The normalized spacial score (nSPS) is 13.3. The van der Waals surface area contributed by atoms with Gasteiger partial charge in [-0.1, -0.05) is 6.92 Å². The third-order valence-corrected chi connectivity index (χ3v) is 3.10. The molecule has 5 heteroatoms. The summed E-state index contributed by atoms with van der Waals surface area (Å²) in [7, 11) is 0. The summed E-state index contributed by atoms with van der Waals surface area (Å²) in [4.78, 5) is 14.2. The van der Waals surface area contributed by atoms with E-state index in [2.05, 4.69) is 5.32 Å². The maximum absolute atomic E-state index is 12.2. The van der Waals surface area contributed by atoms with Crippen LogP contribution >= 0.6 is 0 Å². The molecule has 0 aromatic heterocycles. The third kappa shape index (κ3) is 5.19. The van der Waals surface area contributed by atoms with Crippen molar-refractivity contribution < 1.29 is 9.90 Å². The van der Waals surface area contributed by atoms with E-state index in [0.717, 1.165) is 5.69 Å². The molecule has 1 aromatic carbocycles. The Morgan fingerprint density at radius 3 is 2.40 bits per heavy atom. The lowest BCUT2D eigenvalue weighted by molar-refractivity contribution is -0.121. The second-order valence-electron chi connectivity index (χ2n) is 5.66. The van der Waals surface area contributed by atoms with Crippen molar-refractivity contribution in [3.63, 3.8) is 0 Å². The van der Waals surface area contributed by atoms with Crippen LogP contribution in [0.5, 0.6) is 0 Å². The molecule has 20 heavy (non-hydrogen) atoms. The van der Waals surface area contributed by atoms with Crippen molar-refractivity contribution >= 4 is 17.3 Å². The van der Waals surface area contributed by atoms with Gasteiger partial charge in [-0.3, -0.25) is 9.69 Å². The number of benzene rings is 1. The van der Waals surface area contributed by atoms with Crippen molar-refractivity contribution in [3.8, 4) is 0 Å². The lowest BCUT2D eigenvalue weighted by Crippen LogP contribution is -2.48. The molecule has 1 aromatic rings. The molecule has 0 spiro atoms. The van der Waals surface area contributed by atoms with Crippen molar-refractivity contribution in [2.45, 2.75) is 39.3 Å². The van der Waals surface area contributed by atoms with Gasteiger partial charge in [-0.2, -0.15) is 0 Å². The Morgan fingerprint density at radius 1 is 1.40 bits per heavy atom. The summed E-state index contributed by atoms with van der Waals surface area (Å²) in [6, 6.07) is 6.71. The molecule has 4 N–H and O–H groups in total. The molecule has 0 aliphatic rings. The molecular formula is C15H25N3O2. The van der Waals surface area contributed by atoms with E-state index in [1.165, 1.54) is 0 Å². The van der Waals surface area contributed by atoms with Gasteiger partial charge in [-0.15, -0.1) is 0 Å². The van der Waals surface area contributed by atoms with Crippen LogP contribution in [-0.4, -0.2) is 40.6 Å². The van der Waals surface area contributed by atoms with E-state index in [-0.39, 0.29) is 11.9 Å². The van der Waals surface area contributed by atoms with Crippen LogP contribution in [0, 0.1) is 0 Å². The number of carbonyl (C=O) groups is 1. The Labute approximate surface area is 120 Å². The van der Waals surface area contributed by atoms with Crippen molar-refractivity contribution in [3.05, 3.63) is 24.3 Å². The van der Waals surface area contributed by atoms with Crippen LogP contribution in [-0.2, 0) is 4.79 Å². The fourth-order valence-electron chi connectivity index (χ4n) is 2.00. The number of nitrogens with zero attached hydrogens (tertiary/aromatic N) is 1. The van der Waals surface area contributed by atoms with Gasteiger partial charge in [0.2, 0.25) is 5.91 Å². The first-order chi connectivity index (χ1) is 9.23. The van der Waals surface area contributed by atoms with Gasteiger partial charge in [0.25, 0.3) is 0 Å². The summed E-state index contributed by atoms with van der Waals surface area (Å²) in [5, 5.41) is 12.7. The lowest BCUT2D eigenvalue weighted by Gasteiger charge is -2.32. The van der Waals surface area contributed by atoms with E-state index in [0.29, 0.717) is 18.8 Å². The number of amides is 1. The van der Waals surface area contributed by atoms with Crippen LogP contribution in [0.25, 0.3) is 0 Å². The summed E-state index contributed by atoms with van der Waals surface area (Å²) in [6.07, 6.45) is 0. The van der Waals surface area contributed by atoms with Crippen LogP contribution in [0.15, 0.2) is 24.3 Å². The minimum absolute atomic E-state index is 0.0964. The summed E-state index contributed by atoms with van der Waals surface area (Å²) < 4.78 is 0. The molecular weight excluding hydrogens is 254 g/mol. The average Bonchev–Trinajstić information content (AvgIpc) is 2.36. The maximum atomic E-state index is 12.2. The number of hydrogen-bond donors (Lipinski definition) is 3. The highest BCUT2D eigenvalue weighted by Crippen LogP contribution is 2.13.